The first-order valence-corrected chi connectivity index (χ1v) is 8.49. The summed E-state index contributed by atoms with van der Waals surface area (Å²) in [6.07, 6.45) is 3.74. The second-order valence-corrected chi connectivity index (χ2v) is 7.53. The van der Waals surface area contributed by atoms with E-state index in [9.17, 15) is 13.2 Å². The predicted molar refractivity (Wildman–Crippen MR) is 72.2 cm³/mol. The van der Waals surface area contributed by atoms with E-state index in [1.54, 1.807) is 18.9 Å². The Balaban J connectivity index is 2.35. The molecule has 0 aliphatic carbocycles. The van der Waals surface area contributed by atoms with Crippen molar-refractivity contribution in [2.75, 3.05) is 32.1 Å². The molecule has 6 heteroatoms. The highest BCUT2D eigenvalue weighted by molar-refractivity contribution is 7.90. The number of hydrogen-bond acceptors (Lipinski definition) is 4. The SMILES string of the molecule is CC(CS(C)(=O)=O)N(C)C(=O)CCC1CCNC1. The average molecular weight is 276 g/mol. The summed E-state index contributed by atoms with van der Waals surface area (Å²) in [7, 11) is -1.35. The van der Waals surface area contributed by atoms with Gasteiger partial charge in [0.25, 0.3) is 0 Å². The van der Waals surface area contributed by atoms with Crippen LogP contribution in [0.25, 0.3) is 0 Å². The normalized spacial score (nSPS) is 21.8. The third kappa shape index (κ3) is 5.35. The van der Waals surface area contributed by atoms with Crippen LogP contribution in [0.2, 0.25) is 0 Å². The number of rotatable bonds is 6. The van der Waals surface area contributed by atoms with Crippen LogP contribution in [0, 0.1) is 5.92 Å². The van der Waals surface area contributed by atoms with Crippen LogP contribution in [-0.4, -0.2) is 57.4 Å². The third-order valence-corrected chi connectivity index (χ3v) is 4.62. The molecule has 1 aliphatic heterocycles. The molecule has 1 N–H and O–H groups in total. The van der Waals surface area contributed by atoms with Gasteiger partial charge in [-0.3, -0.25) is 4.79 Å². The van der Waals surface area contributed by atoms with Crippen LogP contribution >= 0.6 is 0 Å². The van der Waals surface area contributed by atoms with E-state index in [1.807, 2.05) is 0 Å². The first-order chi connectivity index (χ1) is 8.29. The fourth-order valence-electron chi connectivity index (χ4n) is 2.26. The highest BCUT2D eigenvalue weighted by Crippen LogP contribution is 2.15. The van der Waals surface area contributed by atoms with Crippen molar-refractivity contribution in [3.63, 3.8) is 0 Å². The minimum absolute atomic E-state index is 0.0280. The Morgan fingerprint density at radius 1 is 1.50 bits per heavy atom. The maximum absolute atomic E-state index is 11.9. The van der Waals surface area contributed by atoms with Crippen LogP contribution in [0.4, 0.5) is 0 Å². The second kappa shape index (κ2) is 6.52. The molecule has 0 aromatic carbocycles. The summed E-state index contributed by atoms with van der Waals surface area (Å²) in [5, 5.41) is 3.27. The van der Waals surface area contributed by atoms with Gasteiger partial charge in [-0.15, -0.1) is 0 Å². The number of carbonyl (C=O) groups excluding carboxylic acids is 1. The Hall–Kier alpha value is -0.620. The number of hydrogen-bond donors (Lipinski definition) is 1. The molecule has 1 heterocycles. The van der Waals surface area contributed by atoms with E-state index in [0.29, 0.717) is 12.3 Å². The van der Waals surface area contributed by atoms with E-state index in [0.717, 1.165) is 25.9 Å². The van der Waals surface area contributed by atoms with Gasteiger partial charge in [-0.05, 0) is 38.8 Å². The molecule has 18 heavy (non-hydrogen) atoms. The van der Waals surface area contributed by atoms with Gasteiger partial charge in [-0.2, -0.15) is 0 Å². The van der Waals surface area contributed by atoms with Gasteiger partial charge in [0, 0.05) is 25.8 Å². The van der Waals surface area contributed by atoms with Crippen molar-refractivity contribution < 1.29 is 13.2 Å². The monoisotopic (exact) mass is 276 g/mol. The summed E-state index contributed by atoms with van der Waals surface area (Å²) in [5.41, 5.74) is 0. The number of sulfone groups is 1. The van der Waals surface area contributed by atoms with E-state index in [-0.39, 0.29) is 17.7 Å². The summed E-state index contributed by atoms with van der Waals surface area (Å²) in [6.45, 7) is 3.81. The fourth-order valence-corrected chi connectivity index (χ4v) is 3.36. The highest BCUT2D eigenvalue weighted by Gasteiger charge is 2.21. The molecule has 1 saturated heterocycles. The van der Waals surface area contributed by atoms with E-state index in [2.05, 4.69) is 5.32 Å². The van der Waals surface area contributed by atoms with Crippen molar-refractivity contribution in [2.45, 2.75) is 32.2 Å². The number of carbonyl (C=O) groups is 1. The largest absolute Gasteiger partial charge is 0.342 e. The van der Waals surface area contributed by atoms with Crippen LogP contribution in [0.3, 0.4) is 0 Å². The van der Waals surface area contributed by atoms with E-state index in [4.69, 9.17) is 0 Å². The van der Waals surface area contributed by atoms with Gasteiger partial charge >= 0.3 is 0 Å². The summed E-state index contributed by atoms with van der Waals surface area (Å²) in [6, 6.07) is -0.255. The van der Waals surface area contributed by atoms with Crippen LogP contribution in [-0.2, 0) is 14.6 Å². The summed E-state index contributed by atoms with van der Waals surface area (Å²) >= 11 is 0. The molecule has 0 aromatic heterocycles. The maximum Gasteiger partial charge on any atom is 0.222 e. The van der Waals surface area contributed by atoms with Gasteiger partial charge in [-0.25, -0.2) is 8.42 Å². The molecule has 5 nitrogen and oxygen atoms in total. The zero-order valence-electron chi connectivity index (χ0n) is 11.5. The fraction of sp³-hybridized carbons (Fsp3) is 0.917. The van der Waals surface area contributed by atoms with Crippen molar-refractivity contribution >= 4 is 15.7 Å². The van der Waals surface area contributed by atoms with Crippen molar-refractivity contribution in [2.24, 2.45) is 5.92 Å². The Bertz CT molecular complexity index is 375. The quantitative estimate of drug-likeness (QED) is 0.756. The highest BCUT2D eigenvalue weighted by atomic mass is 32.2. The average Bonchev–Trinajstić information content (AvgIpc) is 2.75. The van der Waals surface area contributed by atoms with Crippen molar-refractivity contribution in [3.05, 3.63) is 0 Å². The van der Waals surface area contributed by atoms with E-state index >= 15 is 0 Å². The lowest BCUT2D eigenvalue weighted by atomic mass is 10.0. The summed E-state index contributed by atoms with van der Waals surface area (Å²) in [5.74, 6) is 0.658. The molecular formula is C12H24N2O3S. The summed E-state index contributed by atoms with van der Waals surface area (Å²) < 4.78 is 22.4. The van der Waals surface area contributed by atoms with E-state index < -0.39 is 9.84 Å². The Morgan fingerprint density at radius 3 is 2.67 bits per heavy atom. The molecule has 0 saturated carbocycles. The van der Waals surface area contributed by atoms with Crippen LogP contribution in [0.5, 0.6) is 0 Å². The Kier molecular flexibility index (Phi) is 5.59. The van der Waals surface area contributed by atoms with Gasteiger partial charge in [0.2, 0.25) is 5.91 Å². The van der Waals surface area contributed by atoms with Crippen LogP contribution in [0.1, 0.15) is 26.2 Å². The third-order valence-electron chi connectivity index (χ3n) is 3.53. The first kappa shape index (κ1) is 15.4. The lowest BCUT2D eigenvalue weighted by Crippen LogP contribution is -2.39. The molecule has 1 aliphatic rings. The molecule has 0 aromatic rings. The smallest absolute Gasteiger partial charge is 0.222 e. The Labute approximate surface area is 110 Å². The lowest BCUT2D eigenvalue weighted by Gasteiger charge is -2.24. The first-order valence-electron chi connectivity index (χ1n) is 6.43. The Morgan fingerprint density at radius 2 is 2.17 bits per heavy atom. The van der Waals surface area contributed by atoms with Crippen LogP contribution in [0.15, 0.2) is 0 Å². The molecule has 1 amide bonds. The van der Waals surface area contributed by atoms with E-state index in [1.165, 1.54) is 6.26 Å². The number of amides is 1. The molecular weight excluding hydrogens is 252 g/mol. The molecule has 2 unspecified atom stereocenters. The van der Waals surface area contributed by atoms with Gasteiger partial charge in [0.05, 0.1) is 5.75 Å². The van der Waals surface area contributed by atoms with Gasteiger partial charge in [0.15, 0.2) is 0 Å². The van der Waals surface area contributed by atoms with Crippen LogP contribution < -0.4 is 5.32 Å². The molecule has 0 bridgehead atoms. The van der Waals surface area contributed by atoms with Gasteiger partial charge in [-0.1, -0.05) is 0 Å². The molecule has 106 valence electrons. The molecule has 1 rings (SSSR count). The number of nitrogens with zero attached hydrogens (tertiary/aromatic N) is 1. The van der Waals surface area contributed by atoms with Crippen molar-refractivity contribution in [1.29, 1.82) is 0 Å². The maximum atomic E-state index is 11.9. The molecule has 1 fully saturated rings. The standard InChI is InChI=1S/C12H24N2O3S/c1-10(9-18(3,16)17)14(2)12(15)5-4-11-6-7-13-8-11/h10-11,13H,4-9H2,1-3H3. The predicted octanol–water partition coefficient (Wildman–Crippen LogP) is 0.268. The topological polar surface area (TPSA) is 66.5 Å². The van der Waals surface area contributed by atoms with Crippen molar-refractivity contribution in [1.82, 2.24) is 10.2 Å². The minimum atomic E-state index is -3.04. The van der Waals surface area contributed by atoms with Gasteiger partial charge < -0.3 is 10.2 Å². The number of nitrogens with one attached hydrogen (secondary N) is 1. The van der Waals surface area contributed by atoms with Gasteiger partial charge in [0.1, 0.15) is 9.84 Å². The summed E-state index contributed by atoms with van der Waals surface area (Å²) in [4.78, 5) is 13.5. The molecule has 0 radical (unpaired) electrons. The zero-order chi connectivity index (χ0) is 13.8. The molecule has 0 spiro atoms. The van der Waals surface area contributed by atoms with Crippen molar-refractivity contribution in [3.8, 4) is 0 Å². The second-order valence-electron chi connectivity index (χ2n) is 5.34. The lowest BCUT2D eigenvalue weighted by molar-refractivity contribution is -0.131. The minimum Gasteiger partial charge on any atom is -0.342 e. The molecule has 2 atom stereocenters. The zero-order valence-corrected chi connectivity index (χ0v) is 12.3.